The van der Waals surface area contributed by atoms with Crippen LogP contribution in [0.2, 0.25) is 5.02 Å². The molecular formula is C12H13ClN4O. The van der Waals surface area contributed by atoms with Crippen LogP contribution in [0.25, 0.3) is 0 Å². The van der Waals surface area contributed by atoms with E-state index in [1.54, 1.807) is 18.2 Å². The fraction of sp³-hybridized carbons (Fsp3) is 0.250. The van der Waals surface area contributed by atoms with Gasteiger partial charge >= 0.3 is 6.01 Å². The van der Waals surface area contributed by atoms with Crippen LogP contribution in [0.1, 0.15) is 17.0 Å². The van der Waals surface area contributed by atoms with Crippen LogP contribution in [0.15, 0.2) is 18.2 Å². The van der Waals surface area contributed by atoms with Crippen LogP contribution in [-0.4, -0.2) is 15.2 Å². The Morgan fingerprint density at radius 3 is 2.67 bits per heavy atom. The molecule has 0 bridgehead atoms. The predicted octanol–water partition coefficient (Wildman–Crippen LogP) is 2.39. The van der Waals surface area contributed by atoms with Crippen molar-refractivity contribution in [3.8, 4) is 11.8 Å². The van der Waals surface area contributed by atoms with Crippen molar-refractivity contribution in [1.82, 2.24) is 15.2 Å². The van der Waals surface area contributed by atoms with Crippen molar-refractivity contribution >= 4 is 11.6 Å². The molecule has 0 fully saturated rings. The number of nitrogens with two attached hydrogens (primary N) is 1. The van der Waals surface area contributed by atoms with Gasteiger partial charge in [-0.25, -0.2) is 0 Å². The minimum absolute atomic E-state index is 0.190. The molecule has 0 unspecified atom stereocenters. The first-order chi connectivity index (χ1) is 8.61. The Hall–Kier alpha value is -1.72. The lowest BCUT2D eigenvalue weighted by molar-refractivity contribution is 0.425. The van der Waals surface area contributed by atoms with Gasteiger partial charge in [-0.2, -0.15) is 4.98 Å². The Bertz CT molecular complexity index is 574. The average Bonchev–Trinajstić information content (AvgIpc) is 2.34. The van der Waals surface area contributed by atoms with Gasteiger partial charge in [-0.15, -0.1) is 5.10 Å². The number of rotatable bonds is 3. The SMILES string of the molecule is Cc1nnc(Oc2cccc(Cl)c2CN)nc1C. The quantitative estimate of drug-likeness (QED) is 0.921. The molecular weight excluding hydrogens is 252 g/mol. The smallest absolute Gasteiger partial charge is 0.341 e. The van der Waals surface area contributed by atoms with Gasteiger partial charge in [-0.3, -0.25) is 0 Å². The molecule has 0 amide bonds. The van der Waals surface area contributed by atoms with Crippen molar-refractivity contribution in [2.24, 2.45) is 5.73 Å². The third-order valence-electron chi connectivity index (χ3n) is 2.55. The molecule has 0 atom stereocenters. The number of hydrogen-bond donors (Lipinski definition) is 1. The van der Waals surface area contributed by atoms with E-state index in [1.807, 2.05) is 13.8 Å². The van der Waals surface area contributed by atoms with Gasteiger partial charge in [-0.05, 0) is 26.0 Å². The zero-order valence-corrected chi connectivity index (χ0v) is 10.9. The fourth-order valence-corrected chi connectivity index (χ4v) is 1.65. The molecule has 0 spiro atoms. The Morgan fingerprint density at radius 1 is 1.22 bits per heavy atom. The van der Waals surface area contributed by atoms with Crippen molar-refractivity contribution in [2.75, 3.05) is 0 Å². The molecule has 0 aliphatic heterocycles. The van der Waals surface area contributed by atoms with Crippen LogP contribution in [0, 0.1) is 13.8 Å². The number of halogens is 1. The normalized spacial score (nSPS) is 10.4. The first kappa shape index (κ1) is 12.7. The second-order valence-electron chi connectivity index (χ2n) is 3.79. The summed E-state index contributed by atoms with van der Waals surface area (Å²) in [6.07, 6.45) is 0. The summed E-state index contributed by atoms with van der Waals surface area (Å²) in [5.74, 6) is 0.551. The van der Waals surface area contributed by atoms with E-state index >= 15 is 0 Å². The standard InChI is InChI=1S/C12H13ClN4O/c1-7-8(2)16-17-12(15-7)18-11-5-3-4-10(13)9(11)6-14/h3-5H,6,14H2,1-2H3. The number of ether oxygens (including phenoxy) is 1. The highest BCUT2D eigenvalue weighted by Crippen LogP contribution is 2.28. The van der Waals surface area contributed by atoms with Crippen molar-refractivity contribution in [2.45, 2.75) is 20.4 Å². The van der Waals surface area contributed by atoms with Crippen LogP contribution in [-0.2, 0) is 6.54 Å². The minimum atomic E-state index is 0.190. The van der Waals surface area contributed by atoms with Crippen LogP contribution in [0.4, 0.5) is 0 Å². The zero-order valence-electron chi connectivity index (χ0n) is 10.1. The minimum Gasteiger partial charge on any atom is -0.423 e. The van der Waals surface area contributed by atoms with E-state index in [-0.39, 0.29) is 12.6 Å². The molecule has 0 radical (unpaired) electrons. The third kappa shape index (κ3) is 2.57. The molecule has 0 aliphatic rings. The van der Waals surface area contributed by atoms with E-state index in [2.05, 4.69) is 15.2 Å². The molecule has 1 heterocycles. The van der Waals surface area contributed by atoms with Crippen molar-refractivity contribution < 1.29 is 4.74 Å². The monoisotopic (exact) mass is 264 g/mol. The zero-order chi connectivity index (χ0) is 13.1. The van der Waals surface area contributed by atoms with Crippen LogP contribution < -0.4 is 10.5 Å². The number of hydrogen-bond acceptors (Lipinski definition) is 5. The van der Waals surface area contributed by atoms with E-state index in [0.29, 0.717) is 10.8 Å². The lowest BCUT2D eigenvalue weighted by atomic mass is 10.2. The summed E-state index contributed by atoms with van der Waals surface area (Å²) in [7, 11) is 0. The number of aryl methyl sites for hydroxylation is 2. The first-order valence-corrected chi connectivity index (χ1v) is 5.83. The number of nitrogens with zero attached hydrogens (tertiary/aromatic N) is 3. The lowest BCUT2D eigenvalue weighted by Crippen LogP contribution is -2.03. The fourth-order valence-electron chi connectivity index (χ4n) is 1.41. The van der Waals surface area contributed by atoms with Crippen molar-refractivity contribution in [3.63, 3.8) is 0 Å². The molecule has 94 valence electrons. The highest BCUT2D eigenvalue weighted by atomic mass is 35.5. The first-order valence-electron chi connectivity index (χ1n) is 5.45. The van der Waals surface area contributed by atoms with Crippen LogP contribution in [0.3, 0.4) is 0 Å². The van der Waals surface area contributed by atoms with Gasteiger partial charge in [0, 0.05) is 17.1 Å². The largest absolute Gasteiger partial charge is 0.423 e. The Balaban J connectivity index is 2.34. The van der Waals surface area contributed by atoms with Gasteiger partial charge in [0.15, 0.2) is 0 Å². The van der Waals surface area contributed by atoms with Gasteiger partial charge in [-0.1, -0.05) is 22.8 Å². The molecule has 2 N–H and O–H groups in total. The predicted molar refractivity (Wildman–Crippen MR) is 68.7 cm³/mol. The topological polar surface area (TPSA) is 73.9 Å². The molecule has 5 nitrogen and oxygen atoms in total. The molecule has 1 aromatic heterocycles. The molecule has 1 aromatic carbocycles. The number of benzene rings is 1. The average molecular weight is 265 g/mol. The van der Waals surface area contributed by atoms with Crippen LogP contribution >= 0.6 is 11.6 Å². The second-order valence-corrected chi connectivity index (χ2v) is 4.20. The van der Waals surface area contributed by atoms with E-state index in [4.69, 9.17) is 22.1 Å². The van der Waals surface area contributed by atoms with Gasteiger partial charge < -0.3 is 10.5 Å². The van der Waals surface area contributed by atoms with Gasteiger partial charge in [0.2, 0.25) is 0 Å². The summed E-state index contributed by atoms with van der Waals surface area (Å²) in [5, 5.41) is 8.39. The molecule has 0 aliphatic carbocycles. The van der Waals surface area contributed by atoms with Crippen molar-refractivity contribution in [1.29, 1.82) is 0 Å². The second kappa shape index (κ2) is 5.29. The maximum absolute atomic E-state index is 6.04. The molecule has 2 aromatic rings. The molecule has 18 heavy (non-hydrogen) atoms. The summed E-state index contributed by atoms with van der Waals surface area (Å²) < 4.78 is 5.57. The Morgan fingerprint density at radius 2 is 2.00 bits per heavy atom. The molecule has 2 rings (SSSR count). The Kier molecular flexibility index (Phi) is 3.74. The summed E-state index contributed by atoms with van der Waals surface area (Å²) in [5.41, 5.74) is 7.91. The van der Waals surface area contributed by atoms with E-state index in [9.17, 15) is 0 Å². The maximum atomic E-state index is 6.04. The molecule has 0 saturated heterocycles. The number of aromatic nitrogens is 3. The Labute approximate surface area is 110 Å². The van der Waals surface area contributed by atoms with Crippen molar-refractivity contribution in [3.05, 3.63) is 40.2 Å². The van der Waals surface area contributed by atoms with Gasteiger partial charge in [0.05, 0.1) is 11.4 Å². The summed E-state index contributed by atoms with van der Waals surface area (Å²) in [4.78, 5) is 4.19. The highest BCUT2D eigenvalue weighted by Gasteiger charge is 2.10. The maximum Gasteiger partial charge on any atom is 0.341 e. The summed E-state index contributed by atoms with van der Waals surface area (Å²) in [6.45, 7) is 3.97. The third-order valence-corrected chi connectivity index (χ3v) is 2.91. The van der Waals surface area contributed by atoms with Gasteiger partial charge in [0.25, 0.3) is 0 Å². The summed E-state index contributed by atoms with van der Waals surface area (Å²) in [6, 6.07) is 5.50. The van der Waals surface area contributed by atoms with Crippen LogP contribution in [0.5, 0.6) is 11.8 Å². The lowest BCUT2D eigenvalue weighted by Gasteiger charge is -2.09. The summed E-state index contributed by atoms with van der Waals surface area (Å²) >= 11 is 6.04. The molecule has 6 heteroatoms. The van der Waals surface area contributed by atoms with Gasteiger partial charge in [0.1, 0.15) is 5.75 Å². The van der Waals surface area contributed by atoms with E-state index in [0.717, 1.165) is 17.0 Å². The highest BCUT2D eigenvalue weighted by molar-refractivity contribution is 6.31. The molecule has 0 saturated carbocycles. The van der Waals surface area contributed by atoms with E-state index in [1.165, 1.54) is 0 Å². The van der Waals surface area contributed by atoms with E-state index < -0.39 is 0 Å².